The van der Waals surface area contributed by atoms with Gasteiger partial charge in [0.25, 0.3) is 5.91 Å². The van der Waals surface area contributed by atoms with Crippen LogP contribution in [0.5, 0.6) is 0 Å². The van der Waals surface area contributed by atoms with E-state index in [2.05, 4.69) is 36.6 Å². The lowest BCUT2D eigenvalue weighted by Crippen LogP contribution is -2.47. The molecule has 152 valence electrons. The van der Waals surface area contributed by atoms with Crippen LogP contribution in [0.15, 0.2) is 36.8 Å². The monoisotopic (exact) mass is 401 g/mol. The van der Waals surface area contributed by atoms with Crippen molar-refractivity contribution < 1.29 is 4.79 Å². The average Bonchev–Trinajstić information content (AvgIpc) is 3.36. The number of nitrogens with one attached hydrogen (secondary N) is 3. The molecule has 8 nitrogen and oxygen atoms in total. The third-order valence-corrected chi connectivity index (χ3v) is 6.28. The van der Waals surface area contributed by atoms with Gasteiger partial charge in [-0.15, -0.1) is 0 Å². The molecule has 2 aliphatic rings. The van der Waals surface area contributed by atoms with E-state index in [-0.39, 0.29) is 11.9 Å². The smallest absolute Gasteiger partial charge is 0.254 e. The predicted octanol–water partition coefficient (Wildman–Crippen LogP) is 2.80. The van der Waals surface area contributed by atoms with Crippen molar-refractivity contribution in [3.63, 3.8) is 0 Å². The lowest BCUT2D eigenvalue weighted by atomic mass is 9.96. The highest BCUT2D eigenvalue weighted by atomic mass is 16.1. The minimum Gasteiger partial charge on any atom is -0.381 e. The lowest BCUT2D eigenvalue weighted by Gasteiger charge is -2.40. The molecule has 3 aromatic rings. The van der Waals surface area contributed by atoms with Gasteiger partial charge in [-0.05, 0) is 43.9 Å². The maximum Gasteiger partial charge on any atom is 0.254 e. The minimum absolute atomic E-state index is 0.143. The highest BCUT2D eigenvalue weighted by molar-refractivity contribution is 6.06. The summed E-state index contributed by atoms with van der Waals surface area (Å²) in [5.74, 6) is 0.804. The van der Waals surface area contributed by atoms with Crippen molar-refractivity contribution in [3.8, 4) is 6.07 Å². The number of amides is 1. The van der Waals surface area contributed by atoms with Gasteiger partial charge in [0.1, 0.15) is 17.5 Å². The number of fused-ring (bicyclic) bond motifs is 3. The normalized spacial score (nSPS) is 22.7. The summed E-state index contributed by atoms with van der Waals surface area (Å²) in [6.45, 7) is 0. The Morgan fingerprint density at radius 3 is 2.67 bits per heavy atom. The number of hydrogen-bond acceptors (Lipinski definition) is 6. The van der Waals surface area contributed by atoms with E-state index in [0.29, 0.717) is 23.2 Å². The molecule has 3 aromatic heterocycles. The van der Waals surface area contributed by atoms with Gasteiger partial charge in [-0.25, -0.2) is 9.97 Å². The zero-order chi connectivity index (χ0) is 20.7. The number of aromatic amines is 1. The first-order valence-electron chi connectivity index (χ1n) is 10.3. The Labute approximate surface area is 174 Å². The van der Waals surface area contributed by atoms with Gasteiger partial charge in [-0.3, -0.25) is 4.79 Å². The average molecular weight is 401 g/mol. The van der Waals surface area contributed by atoms with Crippen molar-refractivity contribution in [1.29, 1.82) is 5.26 Å². The summed E-state index contributed by atoms with van der Waals surface area (Å²) in [5, 5.41) is 16.3. The summed E-state index contributed by atoms with van der Waals surface area (Å²) in [4.78, 5) is 26.9. The van der Waals surface area contributed by atoms with Gasteiger partial charge in [0.05, 0.1) is 16.8 Å². The quantitative estimate of drug-likeness (QED) is 0.620. The van der Waals surface area contributed by atoms with Gasteiger partial charge in [-0.2, -0.15) is 5.26 Å². The van der Waals surface area contributed by atoms with Crippen molar-refractivity contribution >= 4 is 28.4 Å². The Bertz CT molecular complexity index is 1120. The molecule has 2 saturated heterocycles. The second kappa shape index (κ2) is 7.34. The molecule has 8 heteroatoms. The molecule has 3 N–H and O–H groups in total. The molecule has 2 fully saturated rings. The number of anilines is 2. The fourth-order valence-corrected chi connectivity index (χ4v) is 4.95. The van der Waals surface area contributed by atoms with Crippen LogP contribution in [0.3, 0.4) is 0 Å². The van der Waals surface area contributed by atoms with E-state index in [9.17, 15) is 4.79 Å². The SMILES string of the molecule is CNC(=O)c1cnc2[nH]ccc2c1NC1C[C@H]2CC[C@@H](C1)N2c1ccc(C#N)cn1. The largest absolute Gasteiger partial charge is 0.381 e. The van der Waals surface area contributed by atoms with Crippen LogP contribution < -0.4 is 15.5 Å². The molecule has 0 aromatic carbocycles. The molecule has 5 rings (SSSR count). The summed E-state index contributed by atoms with van der Waals surface area (Å²) in [7, 11) is 1.64. The Morgan fingerprint density at radius 1 is 1.20 bits per heavy atom. The van der Waals surface area contributed by atoms with E-state index in [1.165, 1.54) is 0 Å². The van der Waals surface area contributed by atoms with Crippen LogP contribution in [-0.2, 0) is 0 Å². The van der Waals surface area contributed by atoms with Crippen LogP contribution in [0.25, 0.3) is 11.0 Å². The first-order valence-corrected chi connectivity index (χ1v) is 10.3. The maximum atomic E-state index is 12.4. The van der Waals surface area contributed by atoms with E-state index >= 15 is 0 Å². The molecule has 0 aliphatic carbocycles. The van der Waals surface area contributed by atoms with Crippen LogP contribution >= 0.6 is 0 Å². The molecular weight excluding hydrogens is 378 g/mol. The van der Waals surface area contributed by atoms with Crippen molar-refractivity contribution in [2.75, 3.05) is 17.3 Å². The summed E-state index contributed by atoms with van der Waals surface area (Å²) in [5.41, 5.74) is 2.76. The van der Waals surface area contributed by atoms with E-state index in [1.807, 2.05) is 24.4 Å². The molecule has 0 spiro atoms. The third-order valence-electron chi connectivity index (χ3n) is 6.28. The standard InChI is InChI=1S/C22H23N7O/c1-24-22(30)18-12-27-21-17(6-7-25-21)20(18)28-14-8-15-3-4-16(9-14)29(15)19-5-2-13(10-23)11-26-19/h2,5-7,11-12,14-16H,3-4,8-9H2,1H3,(H,24,30)(H2,25,27,28)/t14?,15-,16+. The summed E-state index contributed by atoms with van der Waals surface area (Å²) in [6.07, 6.45) is 9.32. The first-order chi connectivity index (χ1) is 14.7. The Balaban J connectivity index is 1.40. The molecule has 2 aliphatic heterocycles. The maximum absolute atomic E-state index is 12.4. The number of piperidine rings is 1. The van der Waals surface area contributed by atoms with Crippen molar-refractivity contribution in [2.24, 2.45) is 0 Å². The molecule has 5 heterocycles. The van der Waals surface area contributed by atoms with Crippen molar-refractivity contribution in [3.05, 3.63) is 47.9 Å². The molecule has 1 unspecified atom stereocenters. The number of nitriles is 1. The van der Waals surface area contributed by atoms with Crippen LogP contribution in [0.2, 0.25) is 0 Å². The van der Waals surface area contributed by atoms with Gasteiger partial charge in [0, 0.05) is 49.1 Å². The van der Waals surface area contributed by atoms with Gasteiger partial charge >= 0.3 is 0 Å². The van der Waals surface area contributed by atoms with Crippen molar-refractivity contribution in [2.45, 2.75) is 43.8 Å². The number of nitrogens with zero attached hydrogens (tertiary/aromatic N) is 4. The topological polar surface area (TPSA) is 110 Å². The third kappa shape index (κ3) is 3.03. The predicted molar refractivity (Wildman–Crippen MR) is 114 cm³/mol. The second-order valence-corrected chi connectivity index (χ2v) is 7.99. The summed E-state index contributed by atoms with van der Waals surface area (Å²) >= 11 is 0. The molecule has 2 bridgehead atoms. The molecule has 3 atom stereocenters. The fraction of sp³-hybridized carbons (Fsp3) is 0.364. The zero-order valence-electron chi connectivity index (χ0n) is 16.7. The van der Waals surface area contributed by atoms with Crippen molar-refractivity contribution in [1.82, 2.24) is 20.3 Å². The van der Waals surface area contributed by atoms with Gasteiger partial charge in [-0.1, -0.05) is 0 Å². The molecular formula is C22H23N7O. The van der Waals surface area contributed by atoms with Gasteiger partial charge in [0.2, 0.25) is 0 Å². The summed E-state index contributed by atoms with van der Waals surface area (Å²) in [6, 6.07) is 8.93. The lowest BCUT2D eigenvalue weighted by molar-refractivity contribution is 0.0963. The Hall–Kier alpha value is -3.60. The number of aromatic nitrogens is 3. The summed E-state index contributed by atoms with van der Waals surface area (Å²) < 4.78 is 0. The van der Waals surface area contributed by atoms with Crippen LogP contribution in [0, 0.1) is 11.3 Å². The Morgan fingerprint density at radius 2 is 2.00 bits per heavy atom. The molecule has 1 amide bonds. The van der Waals surface area contributed by atoms with Gasteiger partial charge in [0.15, 0.2) is 0 Å². The molecule has 0 saturated carbocycles. The fourth-order valence-electron chi connectivity index (χ4n) is 4.95. The molecule has 30 heavy (non-hydrogen) atoms. The number of pyridine rings is 2. The first kappa shape index (κ1) is 18.4. The Kier molecular flexibility index (Phi) is 4.51. The number of carbonyl (C=O) groups excluding carboxylic acids is 1. The zero-order valence-corrected chi connectivity index (χ0v) is 16.7. The van der Waals surface area contributed by atoms with E-state index in [0.717, 1.165) is 48.2 Å². The van der Waals surface area contributed by atoms with Crippen LogP contribution in [-0.4, -0.2) is 46.0 Å². The van der Waals surface area contributed by atoms with Crippen LogP contribution in [0.1, 0.15) is 41.6 Å². The number of hydrogen-bond donors (Lipinski definition) is 3. The second-order valence-electron chi connectivity index (χ2n) is 7.99. The minimum atomic E-state index is -0.143. The van der Waals surface area contributed by atoms with E-state index in [1.54, 1.807) is 19.4 Å². The number of H-pyrrole nitrogens is 1. The molecule has 0 radical (unpaired) electrons. The van der Waals surface area contributed by atoms with E-state index in [4.69, 9.17) is 5.26 Å². The highest BCUT2D eigenvalue weighted by Crippen LogP contribution is 2.40. The number of carbonyl (C=O) groups is 1. The van der Waals surface area contributed by atoms with Gasteiger partial charge < -0.3 is 20.5 Å². The number of rotatable bonds is 4. The highest BCUT2D eigenvalue weighted by Gasteiger charge is 2.41. The van der Waals surface area contributed by atoms with Crippen LogP contribution in [0.4, 0.5) is 11.5 Å². The van der Waals surface area contributed by atoms with E-state index < -0.39 is 0 Å².